The molecule has 0 aliphatic carbocycles. The number of furan rings is 1. The molecule has 7 heteroatoms. The fraction of sp³-hybridized carbons (Fsp3) is 0.0952. The number of amides is 1. The number of nitrogens with zero attached hydrogens (tertiary/aromatic N) is 1. The van der Waals surface area contributed by atoms with Gasteiger partial charge in [0.15, 0.2) is 0 Å². The minimum absolute atomic E-state index is 0.265. The largest absolute Gasteiger partial charge is 0.465 e. The molecule has 3 aromatic rings. The molecule has 142 valence electrons. The highest BCUT2D eigenvalue weighted by Crippen LogP contribution is 2.27. The Bertz CT molecular complexity index is 1040. The van der Waals surface area contributed by atoms with E-state index in [0.717, 1.165) is 5.56 Å². The average molecular weight is 397 g/mol. The number of hydrogen-bond donors (Lipinski definition) is 1. The first-order valence-corrected chi connectivity index (χ1v) is 8.74. The van der Waals surface area contributed by atoms with E-state index in [4.69, 9.17) is 16.0 Å². The molecule has 3 rings (SSSR count). The Hall–Kier alpha value is -3.38. The Balaban J connectivity index is 1.67. The van der Waals surface area contributed by atoms with Crippen molar-refractivity contribution in [3.8, 4) is 11.3 Å². The number of carbonyl (C=O) groups is 2. The van der Waals surface area contributed by atoms with Crippen LogP contribution in [0.3, 0.4) is 0 Å². The zero-order valence-corrected chi connectivity index (χ0v) is 16.0. The van der Waals surface area contributed by atoms with Crippen molar-refractivity contribution in [1.29, 1.82) is 0 Å². The molecule has 0 atom stereocenters. The number of benzene rings is 2. The Kier molecular flexibility index (Phi) is 5.91. The number of hydrogen-bond acceptors (Lipinski definition) is 5. The topological polar surface area (TPSA) is 80.9 Å². The summed E-state index contributed by atoms with van der Waals surface area (Å²) in [5.74, 6) is 0.179. The van der Waals surface area contributed by atoms with Gasteiger partial charge in [0.2, 0.25) is 0 Å². The van der Waals surface area contributed by atoms with Gasteiger partial charge in [0.1, 0.15) is 11.5 Å². The van der Waals surface area contributed by atoms with Gasteiger partial charge in [0, 0.05) is 11.1 Å². The zero-order valence-electron chi connectivity index (χ0n) is 15.2. The fourth-order valence-electron chi connectivity index (χ4n) is 2.45. The number of rotatable bonds is 5. The first kappa shape index (κ1) is 19.4. The minimum Gasteiger partial charge on any atom is -0.465 e. The third-order valence-electron chi connectivity index (χ3n) is 3.96. The maximum absolute atomic E-state index is 12.0. The summed E-state index contributed by atoms with van der Waals surface area (Å²) in [7, 11) is 1.29. The molecule has 0 radical (unpaired) electrons. The standard InChI is InChI=1S/C21H17ClN2O4/c1-13-3-5-14(6-4-13)20(25)24-23-12-16-8-10-19(28-16)15-7-9-17(18(22)11-15)21(26)27-2/h3-12H,1-2H3,(H,24,25). The number of hydrazone groups is 1. The summed E-state index contributed by atoms with van der Waals surface area (Å²) < 4.78 is 10.3. The quantitative estimate of drug-likeness (QED) is 0.392. The van der Waals surface area contributed by atoms with Gasteiger partial charge < -0.3 is 9.15 Å². The normalized spacial score (nSPS) is 10.8. The molecule has 0 saturated carbocycles. The van der Waals surface area contributed by atoms with Crippen molar-refractivity contribution in [1.82, 2.24) is 5.43 Å². The van der Waals surface area contributed by atoms with Gasteiger partial charge in [-0.15, -0.1) is 0 Å². The van der Waals surface area contributed by atoms with Crippen LogP contribution in [0.5, 0.6) is 0 Å². The number of esters is 1. The number of methoxy groups -OCH3 is 1. The molecular formula is C21H17ClN2O4. The molecule has 2 aromatic carbocycles. The minimum atomic E-state index is -0.506. The molecule has 0 fully saturated rings. The van der Waals surface area contributed by atoms with Crippen LogP contribution in [0.2, 0.25) is 5.02 Å². The van der Waals surface area contributed by atoms with Crippen molar-refractivity contribution >= 4 is 29.7 Å². The van der Waals surface area contributed by atoms with Crippen molar-refractivity contribution in [2.24, 2.45) is 5.10 Å². The lowest BCUT2D eigenvalue weighted by molar-refractivity contribution is 0.0600. The van der Waals surface area contributed by atoms with E-state index in [1.807, 2.05) is 19.1 Å². The molecule has 0 aliphatic rings. The van der Waals surface area contributed by atoms with Crippen LogP contribution >= 0.6 is 11.6 Å². The van der Waals surface area contributed by atoms with E-state index in [2.05, 4.69) is 15.3 Å². The van der Waals surface area contributed by atoms with Crippen molar-refractivity contribution < 1.29 is 18.7 Å². The fourth-order valence-corrected chi connectivity index (χ4v) is 2.70. The number of carbonyl (C=O) groups excluding carboxylic acids is 2. The van der Waals surface area contributed by atoms with Crippen LogP contribution in [-0.4, -0.2) is 25.2 Å². The molecule has 1 amide bonds. The summed E-state index contributed by atoms with van der Waals surface area (Å²) in [4.78, 5) is 23.6. The van der Waals surface area contributed by atoms with Crippen molar-refractivity contribution in [3.63, 3.8) is 0 Å². The van der Waals surface area contributed by atoms with Gasteiger partial charge in [-0.05, 0) is 43.3 Å². The van der Waals surface area contributed by atoms with E-state index < -0.39 is 5.97 Å². The zero-order chi connectivity index (χ0) is 20.1. The van der Waals surface area contributed by atoms with E-state index in [-0.39, 0.29) is 16.5 Å². The van der Waals surface area contributed by atoms with Crippen molar-refractivity contribution in [2.45, 2.75) is 6.92 Å². The summed E-state index contributed by atoms with van der Waals surface area (Å²) in [6.07, 6.45) is 1.40. The average Bonchev–Trinajstić information content (AvgIpc) is 3.16. The lowest BCUT2D eigenvalue weighted by atomic mass is 10.1. The molecule has 6 nitrogen and oxygen atoms in total. The second kappa shape index (κ2) is 8.54. The molecule has 1 heterocycles. The first-order chi connectivity index (χ1) is 13.5. The molecular weight excluding hydrogens is 380 g/mol. The Morgan fingerprint density at radius 3 is 2.54 bits per heavy atom. The monoisotopic (exact) mass is 396 g/mol. The smallest absolute Gasteiger partial charge is 0.339 e. The van der Waals surface area contributed by atoms with E-state index in [1.165, 1.54) is 13.3 Å². The second-order valence-electron chi connectivity index (χ2n) is 5.95. The lowest BCUT2D eigenvalue weighted by Crippen LogP contribution is -2.17. The third kappa shape index (κ3) is 4.47. The Morgan fingerprint density at radius 1 is 1.11 bits per heavy atom. The Labute approximate surface area is 166 Å². The lowest BCUT2D eigenvalue weighted by Gasteiger charge is -2.04. The van der Waals surface area contributed by atoms with Gasteiger partial charge >= 0.3 is 5.97 Å². The molecule has 0 spiro atoms. The summed E-state index contributed by atoms with van der Waals surface area (Å²) in [6, 6.07) is 15.5. The van der Waals surface area contributed by atoms with E-state index in [0.29, 0.717) is 22.6 Å². The van der Waals surface area contributed by atoms with Crippen LogP contribution in [0.15, 0.2) is 64.1 Å². The second-order valence-corrected chi connectivity index (χ2v) is 6.36. The van der Waals surface area contributed by atoms with Gasteiger partial charge in [0.25, 0.3) is 5.91 Å². The SMILES string of the molecule is COC(=O)c1ccc(-c2ccc(C=NNC(=O)c3ccc(C)cc3)o2)cc1Cl. The molecule has 1 aromatic heterocycles. The van der Waals surface area contributed by atoms with Gasteiger partial charge in [-0.1, -0.05) is 35.4 Å². The van der Waals surface area contributed by atoms with Crippen LogP contribution in [0.25, 0.3) is 11.3 Å². The number of ether oxygens (including phenoxy) is 1. The molecule has 28 heavy (non-hydrogen) atoms. The van der Waals surface area contributed by atoms with Crippen LogP contribution in [0, 0.1) is 6.92 Å². The molecule has 0 bridgehead atoms. The predicted octanol–water partition coefficient (Wildman–Crippen LogP) is 4.46. The Morgan fingerprint density at radius 2 is 1.86 bits per heavy atom. The molecule has 0 unspecified atom stereocenters. The predicted molar refractivity (Wildman–Crippen MR) is 107 cm³/mol. The van der Waals surface area contributed by atoms with E-state index in [1.54, 1.807) is 42.5 Å². The van der Waals surface area contributed by atoms with Crippen LogP contribution in [-0.2, 0) is 4.74 Å². The molecule has 0 aliphatic heterocycles. The summed E-state index contributed by atoms with van der Waals surface area (Å²) in [5.41, 5.74) is 5.01. The van der Waals surface area contributed by atoms with Gasteiger partial charge in [-0.3, -0.25) is 4.79 Å². The maximum atomic E-state index is 12.0. The summed E-state index contributed by atoms with van der Waals surface area (Å²) in [5, 5.41) is 4.17. The number of halogens is 1. The van der Waals surface area contributed by atoms with Crippen molar-refractivity contribution in [3.05, 3.63) is 82.1 Å². The maximum Gasteiger partial charge on any atom is 0.339 e. The van der Waals surface area contributed by atoms with Crippen LogP contribution in [0.1, 0.15) is 32.0 Å². The third-order valence-corrected chi connectivity index (χ3v) is 4.27. The first-order valence-electron chi connectivity index (χ1n) is 8.36. The van der Waals surface area contributed by atoms with Gasteiger partial charge in [-0.2, -0.15) is 5.10 Å². The van der Waals surface area contributed by atoms with Crippen LogP contribution in [0.4, 0.5) is 0 Å². The van der Waals surface area contributed by atoms with E-state index in [9.17, 15) is 9.59 Å². The van der Waals surface area contributed by atoms with E-state index >= 15 is 0 Å². The molecule has 0 saturated heterocycles. The number of nitrogens with one attached hydrogen (secondary N) is 1. The number of aryl methyl sites for hydroxylation is 1. The van der Waals surface area contributed by atoms with Gasteiger partial charge in [-0.25, -0.2) is 10.2 Å². The van der Waals surface area contributed by atoms with Crippen LogP contribution < -0.4 is 5.43 Å². The highest BCUT2D eigenvalue weighted by Gasteiger charge is 2.13. The summed E-state index contributed by atoms with van der Waals surface area (Å²) >= 11 is 6.13. The molecule has 1 N–H and O–H groups in total. The highest BCUT2D eigenvalue weighted by molar-refractivity contribution is 6.33. The highest BCUT2D eigenvalue weighted by atomic mass is 35.5. The summed E-state index contributed by atoms with van der Waals surface area (Å²) in [6.45, 7) is 1.95. The van der Waals surface area contributed by atoms with Gasteiger partial charge in [0.05, 0.1) is 23.9 Å². The van der Waals surface area contributed by atoms with Crippen molar-refractivity contribution in [2.75, 3.05) is 7.11 Å².